The molecule has 21 heavy (non-hydrogen) atoms. The van der Waals surface area contributed by atoms with Crippen molar-refractivity contribution in [1.82, 2.24) is 0 Å². The molecule has 3 heteroatoms. The number of benzene rings is 1. The Balaban J connectivity index is 2.06. The van der Waals surface area contributed by atoms with Gasteiger partial charge in [-0.25, -0.2) is 0 Å². The lowest BCUT2D eigenvalue weighted by Gasteiger charge is -2.43. The fourth-order valence-corrected chi connectivity index (χ4v) is 3.58. The van der Waals surface area contributed by atoms with E-state index in [2.05, 4.69) is 6.92 Å². The molecule has 0 bridgehead atoms. The van der Waals surface area contributed by atoms with Gasteiger partial charge in [-0.3, -0.25) is 0 Å². The summed E-state index contributed by atoms with van der Waals surface area (Å²) in [6.45, 7) is 4.67. The highest BCUT2D eigenvalue weighted by Gasteiger charge is 2.36. The summed E-state index contributed by atoms with van der Waals surface area (Å²) in [6, 6.07) is 9.84. The number of rotatable bonds is 6. The highest BCUT2D eigenvalue weighted by Crippen LogP contribution is 2.31. The summed E-state index contributed by atoms with van der Waals surface area (Å²) in [5.74, 6) is 0.676. The van der Waals surface area contributed by atoms with E-state index in [1.807, 2.05) is 42.2 Å². The number of hydrogen-bond acceptors (Lipinski definition) is 3. The van der Waals surface area contributed by atoms with Crippen molar-refractivity contribution in [3.8, 4) is 0 Å². The Labute approximate surface area is 129 Å². The molecule has 1 fully saturated rings. The fourth-order valence-electron chi connectivity index (χ4n) is 3.58. The van der Waals surface area contributed by atoms with E-state index in [0.717, 1.165) is 18.7 Å². The average Bonchev–Trinajstić information content (AvgIpc) is 2.50. The van der Waals surface area contributed by atoms with Crippen molar-refractivity contribution in [3.63, 3.8) is 0 Å². The third-order valence-corrected chi connectivity index (χ3v) is 4.95. The Morgan fingerprint density at radius 2 is 1.86 bits per heavy atom. The van der Waals surface area contributed by atoms with E-state index in [9.17, 15) is 5.11 Å². The van der Waals surface area contributed by atoms with Gasteiger partial charge in [0.15, 0.2) is 0 Å². The van der Waals surface area contributed by atoms with Gasteiger partial charge in [0.25, 0.3) is 0 Å². The number of aliphatic hydroxyl groups is 1. The van der Waals surface area contributed by atoms with E-state index in [1.165, 1.54) is 32.1 Å². The molecule has 0 aliphatic heterocycles. The van der Waals surface area contributed by atoms with Crippen LogP contribution in [0.25, 0.3) is 0 Å². The minimum absolute atomic E-state index is 0.222. The molecule has 1 aliphatic rings. The normalized spacial score (nSPS) is 20.8. The van der Waals surface area contributed by atoms with Gasteiger partial charge in [-0.15, -0.1) is 0 Å². The van der Waals surface area contributed by atoms with Gasteiger partial charge in [0.05, 0.1) is 6.04 Å². The van der Waals surface area contributed by atoms with Crippen molar-refractivity contribution in [3.05, 3.63) is 30.3 Å². The van der Waals surface area contributed by atoms with Gasteiger partial charge in [0, 0.05) is 12.2 Å². The maximum Gasteiger partial charge on any atom is 0.150 e. The quantitative estimate of drug-likeness (QED) is 0.788. The summed E-state index contributed by atoms with van der Waals surface area (Å²) < 4.78 is 0. The number of likely N-dealkylation sites (N-methyl/N-ethyl adjacent to an activating group) is 1. The maximum atomic E-state index is 11.0. The molecule has 0 saturated heterocycles. The van der Waals surface area contributed by atoms with Crippen LogP contribution in [0, 0.1) is 5.92 Å². The SMILES string of the molecule is CCN(c1ccccc1)C(C)(O)[C@@H](N)CC1CCCCC1. The van der Waals surface area contributed by atoms with Crippen molar-refractivity contribution in [2.75, 3.05) is 11.4 Å². The van der Waals surface area contributed by atoms with Crippen LogP contribution in [0.3, 0.4) is 0 Å². The largest absolute Gasteiger partial charge is 0.370 e. The van der Waals surface area contributed by atoms with Gasteiger partial charge in [0.1, 0.15) is 5.72 Å². The molecular formula is C18H30N2O. The van der Waals surface area contributed by atoms with E-state index in [-0.39, 0.29) is 6.04 Å². The third kappa shape index (κ3) is 3.98. The third-order valence-electron chi connectivity index (χ3n) is 4.95. The highest BCUT2D eigenvalue weighted by molar-refractivity contribution is 5.48. The first kappa shape index (κ1) is 16.3. The van der Waals surface area contributed by atoms with Crippen LogP contribution in [0.5, 0.6) is 0 Å². The summed E-state index contributed by atoms with van der Waals surface area (Å²) in [5.41, 5.74) is 6.43. The first-order valence-corrected chi connectivity index (χ1v) is 8.36. The van der Waals surface area contributed by atoms with Crippen molar-refractivity contribution >= 4 is 5.69 Å². The van der Waals surface area contributed by atoms with Crippen molar-refractivity contribution < 1.29 is 5.11 Å². The topological polar surface area (TPSA) is 49.5 Å². The Bertz CT molecular complexity index is 412. The van der Waals surface area contributed by atoms with Crippen LogP contribution in [0.1, 0.15) is 52.4 Å². The van der Waals surface area contributed by atoms with Gasteiger partial charge in [-0.05, 0) is 38.3 Å². The number of para-hydroxylation sites is 1. The Morgan fingerprint density at radius 1 is 1.24 bits per heavy atom. The molecule has 1 aromatic carbocycles. The van der Waals surface area contributed by atoms with E-state index in [0.29, 0.717) is 5.92 Å². The first-order valence-electron chi connectivity index (χ1n) is 8.36. The molecule has 0 amide bonds. The molecule has 1 aliphatic carbocycles. The van der Waals surface area contributed by atoms with E-state index < -0.39 is 5.72 Å². The molecule has 1 aromatic rings. The molecule has 3 nitrogen and oxygen atoms in total. The number of anilines is 1. The predicted molar refractivity (Wildman–Crippen MR) is 89.3 cm³/mol. The van der Waals surface area contributed by atoms with Crippen LogP contribution in [0.15, 0.2) is 30.3 Å². The van der Waals surface area contributed by atoms with Crippen LogP contribution < -0.4 is 10.6 Å². The summed E-state index contributed by atoms with van der Waals surface area (Å²) in [7, 11) is 0. The Hall–Kier alpha value is -1.06. The van der Waals surface area contributed by atoms with Gasteiger partial charge in [-0.2, -0.15) is 0 Å². The summed E-state index contributed by atoms with van der Waals surface area (Å²) in [5, 5.41) is 11.0. The zero-order chi connectivity index (χ0) is 15.3. The number of hydrogen-bond donors (Lipinski definition) is 2. The average molecular weight is 290 g/mol. The number of nitrogens with zero attached hydrogens (tertiary/aromatic N) is 1. The summed E-state index contributed by atoms with van der Waals surface area (Å²) >= 11 is 0. The standard InChI is InChI=1S/C18H30N2O/c1-3-20(16-12-8-5-9-13-16)18(2,21)17(19)14-15-10-6-4-7-11-15/h5,8-9,12-13,15,17,21H,3-4,6-7,10-11,14,19H2,1-2H3/t17-,18?/m0/s1. The smallest absolute Gasteiger partial charge is 0.150 e. The molecule has 3 N–H and O–H groups in total. The molecule has 2 rings (SSSR count). The molecule has 1 unspecified atom stereocenters. The molecule has 0 heterocycles. The maximum absolute atomic E-state index is 11.0. The van der Waals surface area contributed by atoms with Crippen molar-refractivity contribution in [1.29, 1.82) is 0 Å². The number of nitrogens with two attached hydrogens (primary N) is 1. The summed E-state index contributed by atoms with van der Waals surface area (Å²) in [6.07, 6.45) is 7.43. The zero-order valence-corrected chi connectivity index (χ0v) is 13.5. The molecule has 0 aromatic heterocycles. The summed E-state index contributed by atoms with van der Waals surface area (Å²) in [4.78, 5) is 2.01. The molecule has 0 spiro atoms. The second-order valence-electron chi connectivity index (χ2n) is 6.52. The molecule has 0 radical (unpaired) electrons. The minimum Gasteiger partial charge on any atom is -0.370 e. The van der Waals surface area contributed by atoms with Gasteiger partial charge < -0.3 is 15.7 Å². The van der Waals surface area contributed by atoms with Crippen LogP contribution in [0.4, 0.5) is 5.69 Å². The van der Waals surface area contributed by atoms with Gasteiger partial charge in [-0.1, -0.05) is 50.3 Å². The van der Waals surface area contributed by atoms with Crippen LogP contribution in [-0.2, 0) is 0 Å². The van der Waals surface area contributed by atoms with E-state index in [4.69, 9.17) is 5.73 Å². The van der Waals surface area contributed by atoms with Crippen molar-refractivity contribution in [2.24, 2.45) is 11.7 Å². The molecular weight excluding hydrogens is 260 g/mol. The van der Waals surface area contributed by atoms with Gasteiger partial charge >= 0.3 is 0 Å². The predicted octanol–water partition coefficient (Wildman–Crippen LogP) is 3.52. The minimum atomic E-state index is -1.01. The second kappa shape index (κ2) is 7.28. The lowest BCUT2D eigenvalue weighted by atomic mass is 9.82. The van der Waals surface area contributed by atoms with Crippen LogP contribution >= 0.6 is 0 Å². The van der Waals surface area contributed by atoms with Gasteiger partial charge in [0.2, 0.25) is 0 Å². The van der Waals surface area contributed by atoms with E-state index in [1.54, 1.807) is 0 Å². The highest BCUT2D eigenvalue weighted by atomic mass is 16.3. The Morgan fingerprint density at radius 3 is 2.43 bits per heavy atom. The zero-order valence-electron chi connectivity index (χ0n) is 13.5. The molecule has 1 saturated carbocycles. The molecule has 2 atom stereocenters. The van der Waals surface area contributed by atoms with E-state index >= 15 is 0 Å². The first-order chi connectivity index (χ1) is 10.1. The van der Waals surface area contributed by atoms with Crippen LogP contribution in [0.2, 0.25) is 0 Å². The second-order valence-corrected chi connectivity index (χ2v) is 6.52. The lowest BCUT2D eigenvalue weighted by molar-refractivity contribution is 0.0199. The van der Waals surface area contributed by atoms with Crippen LogP contribution in [-0.4, -0.2) is 23.4 Å². The monoisotopic (exact) mass is 290 g/mol. The van der Waals surface area contributed by atoms with Crippen molar-refractivity contribution in [2.45, 2.75) is 64.1 Å². The molecule has 118 valence electrons. The Kier molecular flexibility index (Phi) is 5.65. The lowest BCUT2D eigenvalue weighted by Crippen LogP contribution is -2.59. The fraction of sp³-hybridized carbons (Fsp3) is 0.667.